The molecule has 1 aromatic rings. The lowest BCUT2D eigenvalue weighted by molar-refractivity contribution is 0.0260. The normalized spacial score (nSPS) is 26.3. The first-order valence-electron chi connectivity index (χ1n) is 9.35. The van der Waals surface area contributed by atoms with Gasteiger partial charge in [-0.15, -0.1) is 0 Å². The van der Waals surface area contributed by atoms with Crippen molar-refractivity contribution in [3.63, 3.8) is 0 Å². The molecule has 138 valence electrons. The highest BCUT2D eigenvalue weighted by molar-refractivity contribution is 5.89. The molecule has 25 heavy (non-hydrogen) atoms. The molecule has 2 bridgehead atoms. The first kappa shape index (κ1) is 18.1. The lowest BCUT2D eigenvalue weighted by atomic mass is 9.81. The molecule has 0 radical (unpaired) electrons. The number of amides is 2. The Hall–Kier alpha value is -1.69. The van der Waals surface area contributed by atoms with E-state index in [0.29, 0.717) is 12.1 Å². The van der Waals surface area contributed by atoms with E-state index in [9.17, 15) is 13.6 Å². The van der Waals surface area contributed by atoms with Crippen molar-refractivity contribution in [3.8, 4) is 0 Å². The predicted molar refractivity (Wildman–Crippen MR) is 94.6 cm³/mol. The number of rotatable bonds is 5. The fourth-order valence-electron chi connectivity index (χ4n) is 4.24. The van der Waals surface area contributed by atoms with E-state index < -0.39 is 17.7 Å². The van der Waals surface area contributed by atoms with E-state index in [2.05, 4.69) is 22.5 Å². The third-order valence-corrected chi connectivity index (χ3v) is 5.41. The minimum Gasteiger partial charge on any atom is -0.335 e. The van der Waals surface area contributed by atoms with E-state index in [1.807, 2.05) is 0 Å². The van der Waals surface area contributed by atoms with E-state index >= 15 is 0 Å². The number of carbonyl (C=O) groups excluding carboxylic acids is 1. The minimum absolute atomic E-state index is 0.000485. The highest BCUT2D eigenvalue weighted by Gasteiger charge is 2.38. The highest BCUT2D eigenvalue weighted by atomic mass is 19.1. The fourth-order valence-corrected chi connectivity index (χ4v) is 4.24. The van der Waals surface area contributed by atoms with Crippen LogP contribution < -0.4 is 10.6 Å². The summed E-state index contributed by atoms with van der Waals surface area (Å²) >= 11 is 0. The van der Waals surface area contributed by atoms with Gasteiger partial charge in [0.05, 0.1) is 5.69 Å². The lowest BCUT2D eigenvalue weighted by Crippen LogP contribution is -2.57. The Morgan fingerprint density at radius 3 is 2.60 bits per heavy atom. The average Bonchev–Trinajstić information content (AvgIpc) is 2.55. The number of fused-ring (bicyclic) bond motifs is 2. The Morgan fingerprint density at radius 2 is 1.96 bits per heavy atom. The van der Waals surface area contributed by atoms with Gasteiger partial charge in [0.2, 0.25) is 0 Å². The minimum atomic E-state index is -0.763. The summed E-state index contributed by atoms with van der Waals surface area (Å²) in [5.41, 5.74) is -0.000485. The number of hydrogen-bond acceptors (Lipinski definition) is 2. The second kappa shape index (κ2) is 8.13. The maximum Gasteiger partial charge on any atom is 0.319 e. The number of urea groups is 1. The topological polar surface area (TPSA) is 44.4 Å². The summed E-state index contributed by atoms with van der Waals surface area (Å²) in [5.74, 6) is -1.42. The molecule has 0 saturated carbocycles. The van der Waals surface area contributed by atoms with Crippen LogP contribution in [0.2, 0.25) is 0 Å². The van der Waals surface area contributed by atoms with Gasteiger partial charge in [0.1, 0.15) is 11.6 Å². The molecule has 3 rings (SSSR count). The van der Waals surface area contributed by atoms with Crippen LogP contribution in [0.25, 0.3) is 0 Å². The van der Waals surface area contributed by atoms with Gasteiger partial charge in [-0.1, -0.05) is 19.8 Å². The van der Waals surface area contributed by atoms with Crippen LogP contribution in [0.15, 0.2) is 18.2 Å². The number of unbranched alkanes of at least 4 members (excludes halogenated alkanes) is 1. The predicted octanol–water partition coefficient (Wildman–Crippen LogP) is 4.27. The third-order valence-electron chi connectivity index (χ3n) is 5.41. The van der Waals surface area contributed by atoms with Crippen LogP contribution in [-0.4, -0.2) is 35.6 Å². The van der Waals surface area contributed by atoms with Gasteiger partial charge >= 0.3 is 6.03 Å². The molecule has 0 aromatic heterocycles. The molecule has 6 heteroatoms. The smallest absolute Gasteiger partial charge is 0.319 e. The number of nitrogens with one attached hydrogen (secondary N) is 2. The molecule has 1 unspecified atom stereocenters. The highest BCUT2D eigenvalue weighted by Crippen LogP contribution is 2.34. The van der Waals surface area contributed by atoms with E-state index in [4.69, 9.17) is 0 Å². The number of hydrogen-bond donors (Lipinski definition) is 2. The van der Waals surface area contributed by atoms with Crippen molar-refractivity contribution in [1.82, 2.24) is 10.2 Å². The summed E-state index contributed by atoms with van der Waals surface area (Å²) in [4.78, 5) is 14.8. The van der Waals surface area contributed by atoms with Gasteiger partial charge in [0.25, 0.3) is 0 Å². The number of piperidine rings is 2. The number of carbonyl (C=O) groups is 1. The average molecular weight is 351 g/mol. The monoisotopic (exact) mass is 351 g/mol. The van der Waals surface area contributed by atoms with Crippen molar-refractivity contribution < 1.29 is 13.6 Å². The number of halogens is 2. The maximum absolute atomic E-state index is 13.7. The maximum atomic E-state index is 13.7. The van der Waals surface area contributed by atoms with Gasteiger partial charge in [0.15, 0.2) is 0 Å². The van der Waals surface area contributed by atoms with Crippen molar-refractivity contribution in [1.29, 1.82) is 0 Å². The van der Waals surface area contributed by atoms with Gasteiger partial charge in [0, 0.05) is 24.2 Å². The number of benzene rings is 1. The Morgan fingerprint density at radius 1 is 1.24 bits per heavy atom. The molecule has 4 nitrogen and oxygen atoms in total. The van der Waals surface area contributed by atoms with Gasteiger partial charge in [-0.2, -0.15) is 0 Å². The van der Waals surface area contributed by atoms with Crippen LogP contribution in [0.3, 0.4) is 0 Å². The van der Waals surface area contributed by atoms with Gasteiger partial charge in [-0.05, 0) is 50.8 Å². The third kappa shape index (κ3) is 4.48. The Bertz CT molecular complexity index is 596. The Labute approximate surface area is 148 Å². The summed E-state index contributed by atoms with van der Waals surface area (Å²) in [6.07, 6.45) is 7.94. The van der Waals surface area contributed by atoms with E-state index in [-0.39, 0.29) is 11.7 Å². The molecule has 0 spiro atoms. The molecule has 2 N–H and O–H groups in total. The Kier molecular flexibility index (Phi) is 5.89. The lowest BCUT2D eigenvalue weighted by Gasteiger charge is -2.49. The first-order valence-corrected chi connectivity index (χ1v) is 9.35. The van der Waals surface area contributed by atoms with Gasteiger partial charge in [-0.25, -0.2) is 13.6 Å². The molecule has 0 aliphatic carbocycles. The Balaban J connectivity index is 1.56. The van der Waals surface area contributed by atoms with Crippen molar-refractivity contribution in [2.45, 2.75) is 70.0 Å². The zero-order valence-corrected chi connectivity index (χ0v) is 14.7. The molecule has 2 aliphatic rings. The molecular weight excluding hydrogens is 324 g/mol. The van der Waals surface area contributed by atoms with Crippen molar-refractivity contribution >= 4 is 11.7 Å². The van der Waals surface area contributed by atoms with E-state index in [1.165, 1.54) is 38.2 Å². The molecule has 3 atom stereocenters. The SMILES string of the molecule is CCCCN1[C@@H]2CCC[C@H]1CC(NC(=O)Nc1ccc(F)cc1F)C2. The van der Waals surface area contributed by atoms with Crippen LogP contribution in [0, 0.1) is 11.6 Å². The van der Waals surface area contributed by atoms with Crippen LogP contribution >= 0.6 is 0 Å². The molecule has 2 saturated heterocycles. The molecular formula is C19H27F2N3O. The summed E-state index contributed by atoms with van der Waals surface area (Å²) in [7, 11) is 0. The number of anilines is 1. The zero-order chi connectivity index (χ0) is 17.8. The van der Waals surface area contributed by atoms with Crippen molar-refractivity contribution in [2.75, 3.05) is 11.9 Å². The summed E-state index contributed by atoms with van der Waals surface area (Å²) in [6, 6.07) is 3.90. The molecule has 2 heterocycles. The quantitative estimate of drug-likeness (QED) is 0.832. The molecule has 1 aromatic carbocycles. The van der Waals surface area contributed by atoms with E-state index in [1.54, 1.807) is 0 Å². The first-order chi connectivity index (χ1) is 12.1. The van der Waals surface area contributed by atoms with Crippen LogP contribution in [0.1, 0.15) is 51.9 Å². The van der Waals surface area contributed by atoms with E-state index in [0.717, 1.165) is 31.5 Å². The second-order valence-corrected chi connectivity index (χ2v) is 7.22. The molecule has 2 fully saturated rings. The van der Waals surface area contributed by atoms with Gasteiger partial charge in [-0.3, -0.25) is 4.90 Å². The van der Waals surface area contributed by atoms with Crippen LogP contribution in [0.4, 0.5) is 19.3 Å². The fraction of sp³-hybridized carbons (Fsp3) is 0.632. The largest absolute Gasteiger partial charge is 0.335 e. The number of nitrogens with zero attached hydrogens (tertiary/aromatic N) is 1. The van der Waals surface area contributed by atoms with Crippen molar-refractivity contribution in [2.24, 2.45) is 0 Å². The van der Waals surface area contributed by atoms with Crippen molar-refractivity contribution in [3.05, 3.63) is 29.8 Å². The summed E-state index contributed by atoms with van der Waals surface area (Å²) in [6.45, 7) is 3.36. The second-order valence-electron chi connectivity index (χ2n) is 7.22. The van der Waals surface area contributed by atoms with Crippen LogP contribution in [-0.2, 0) is 0 Å². The van der Waals surface area contributed by atoms with Gasteiger partial charge < -0.3 is 10.6 Å². The van der Waals surface area contributed by atoms with Crippen LogP contribution in [0.5, 0.6) is 0 Å². The summed E-state index contributed by atoms with van der Waals surface area (Å²) < 4.78 is 26.6. The standard InChI is InChI=1S/C19H27F2N3O/c1-2-3-9-24-15-5-4-6-16(24)12-14(11-15)22-19(25)23-18-8-7-13(20)10-17(18)21/h7-8,10,14-16H,2-6,9,11-12H2,1H3,(H2,22,23,25)/t14?,15-,16+. The molecule has 2 amide bonds. The summed E-state index contributed by atoms with van der Waals surface area (Å²) in [5, 5.41) is 5.47. The molecule has 2 aliphatic heterocycles. The zero-order valence-electron chi connectivity index (χ0n) is 14.7.